The lowest BCUT2D eigenvalue weighted by Crippen LogP contribution is -2.30. The molecule has 0 amide bonds. The Morgan fingerprint density at radius 3 is 2.70 bits per heavy atom. The second-order valence-corrected chi connectivity index (χ2v) is 7.59. The lowest BCUT2D eigenvalue weighted by atomic mass is 9.81. The molecule has 0 radical (unpaired) electrons. The Kier molecular flexibility index (Phi) is 4.57. The number of aromatic nitrogens is 2. The van der Waals surface area contributed by atoms with Crippen molar-refractivity contribution in [1.82, 2.24) is 9.78 Å². The minimum atomic E-state index is -0.0377. The monoisotopic (exact) mass is 341 g/mol. The maximum atomic E-state index is 12.2. The summed E-state index contributed by atoms with van der Waals surface area (Å²) >= 11 is 3.41. The molecule has 0 atom stereocenters. The van der Waals surface area contributed by atoms with Crippen molar-refractivity contribution in [2.24, 2.45) is 17.3 Å². The molecule has 5 heteroatoms. The van der Waals surface area contributed by atoms with Crippen LogP contribution >= 0.6 is 15.9 Å². The molecule has 0 bridgehead atoms. The fraction of sp³-hybridized carbons (Fsp3) is 0.733. The van der Waals surface area contributed by atoms with Crippen molar-refractivity contribution in [3.63, 3.8) is 0 Å². The summed E-state index contributed by atoms with van der Waals surface area (Å²) in [7, 11) is 0. The van der Waals surface area contributed by atoms with Crippen LogP contribution in [0.15, 0.2) is 15.5 Å². The Bertz CT molecular complexity index is 532. The molecule has 1 aromatic heterocycles. The summed E-state index contributed by atoms with van der Waals surface area (Å²) in [6, 6.07) is 0. The van der Waals surface area contributed by atoms with Crippen LogP contribution in [0.2, 0.25) is 0 Å². The number of hydrogen-bond donors (Lipinski definition) is 1. The van der Waals surface area contributed by atoms with Crippen molar-refractivity contribution >= 4 is 21.6 Å². The molecule has 0 spiro atoms. The SMILES string of the molecule is CC(C)C(C)(C)CNc1cnn(CC2CC2)c(=O)c1Br. The van der Waals surface area contributed by atoms with Gasteiger partial charge in [0.05, 0.1) is 11.9 Å². The van der Waals surface area contributed by atoms with Gasteiger partial charge in [-0.05, 0) is 46.0 Å². The summed E-state index contributed by atoms with van der Waals surface area (Å²) in [4.78, 5) is 12.2. The van der Waals surface area contributed by atoms with Gasteiger partial charge >= 0.3 is 0 Å². The highest BCUT2D eigenvalue weighted by atomic mass is 79.9. The molecule has 0 aromatic carbocycles. The predicted molar refractivity (Wildman–Crippen MR) is 86.0 cm³/mol. The van der Waals surface area contributed by atoms with Crippen LogP contribution in [-0.4, -0.2) is 16.3 Å². The first-order valence-corrected chi connectivity index (χ1v) is 8.10. The Balaban J connectivity index is 2.09. The fourth-order valence-corrected chi connectivity index (χ4v) is 2.24. The Labute approximate surface area is 129 Å². The zero-order chi connectivity index (χ0) is 14.9. The first-order chi connectivity index (χ1) is 9.31. The van der Waals surface area contributed by atoms with E-state index in [0.29, 0.717) is 16.3 Å². The summed E-state index contributed by atoms with van der Waals surface area (Å²) in [5.41, 5.74) is 0.919. The first-order valence-electron chi connectivity index (χ1n) is 7.31. The maximum Gasteiger partial charge on any atom is 0.283 e. The van der Waals surface area contributed by atoms with Crippen molar-refractivity contribution in [2.75, 3.05) is 11.9 Å². The Morgan fingerprint density at radius 1 is 1.50 bits per heavy atom. The van der Waals surface area contributed by atoms with Gasteiger partial charge in [-0.15, -0.1) is 0 Å². The molecule has 0 aliphatic heterocycles. The third kappa shape index (κ3) is 3.62. The topological polar surface area (TPSA) is 46.9 Å². The number of hydrogen-bond acceptors (Lipinski definition) is 3. The molecular formula is C15H24BrN3O. The lowest BCUT2D eigenvalue weighted by Gasteiger charge is -2.30. The molecule has 20 heavy (non-hydrogen) atoms. The lowest BCUT2D eigenvalue weighted by molar-refractivity contribution is 0.269. The van der Waals surface area contributed by atoms with Crippen LogP contribution < -0.4 is 10.9 Å². The third-order valence-electron chi connectivity index (χ3n) is 4.41. The smallest absolute Gasteiger partial charge is 0.283 e. The van der Waals surface area contributed by atoms with Gasteiger partial charge in [0, 0.05) is 13.1 Å². The van der Waals surface area contributed by atoms with E-state index in [2.05, 4.69) is 54.0 Å². The average molecular weight is 342 g/mol. The average Bonchev–Trinajstić information content (AvgIpc) is 3.18. The van der Waals surface area contributed by atoms with Crippen LogP contribution in [0.1, 0.15) is 40.5 Å². The van der Waals surface area contributed by atoms with E-state index in [1.54, 1.807) is 10.9 Å². The van der Waals surface area contributed by atoms with E-state index in [4.69, 9.17) is 0 Å². The normalized spacial score (nSPS) is 15.7. The van der Waals surface area contributed by atoms with Gasteiger partial charge in [0.15, 0.2) is 0 Å². The van der Waals surface area contributed by atoms with Gasteiger partial charge in [0.1, 0.15) is 4.47 Å². The van der Waals surface area contributed by atoms with Crippen LogP contribution in [0.3, 0.4) is 0 Å². The van der Waals surface area contributed by atoms with Crippen LogP contribution in [0.4, 0.5) is 5.69 Å². The van der Waals surface area contributed by atoms with Crippen molar-refractivity contribution in [2.45, 2.75) is 47.1 Å². The van der Waals surface area contributed by atoms with Gasteiger partial charge in [-0.3, -0.25) is 4.79 Å². The maximum absolute atomic E-state index is 12.2. The van der Waals surface area contributed by atoms with E-state index in [0.717, 1.165) is 18.8 Å². The Morgan fingerprint density at radius 2 is 2.15 bits per heavy atom. The number of rotatable bonds is 6. The molecule has 1 heterocycles. The number of halogens is 1. The molecule has 1 fully saturated rings. The van der Waals surface area contributed by atoms with E-state index in [1.165, 1.54) is 12.8 Å². The van der Waals surface area contributed by atoms with Crippen LogP contribution in [-0.2, 0) is 6.54 Å². The van der Waals surface area contributed by atoms with E-state index < -0.39 is 0 Å². The molecule has 1 N–H and O–H groups in total. The van der Waals surface area contributed by atoms with Crippen LogP contribution in [0, 0.1) is 17.3 Å². The number of anilines is 1. The summed E-state index contributed by atoms with van der Waals surface area (Å²) < 4.78 is 2.16. The highest BCUT2D eigenvalue weighted by molar-refractivity contribution is 9.10. The third-order valence-corrected chi connectivity index (χ3v) is 5.18. The zero-order valence-electron chi connectivity index (χ0n) is 12.7. The van der Waals surface area contributed by atoms with Crippen molar-refractivity contribution in [1.29, 1.82) is 0 Å². The van der Waals surface area contributed by atoms with Gasteiger partial charge in [0.2, 0.25) is 0 Å². The second-order valence-electron chi connectivity index (χ2n) is 6.80. The van der Waals surface area contributed by atoms with Gasteiger partial charge < -0.3 is 5.32 Å². The van der Waals surface area contributed by atoms with Gasteiger partial charge in [-0.1, -0.05) is 27.7 Å². The molecule has 1 aliphatic rings. The second kappa shape index (κ2) is 5.88. The fourth-order valence-electron chi connectivity index (χ4n) is 1.79. The van der Waals surface area contributed by atoms with E-state index in [1.807, 2.05) is 0 Å². The molecule has 112 valence electrons. The molecule has 2 rings (SSSR count). The number of nitrogens with one attached hydrogen (secondary N) is 1. The van der Waals surface area contributed by atoms with Crippen molar-refractivity contribution in [3.8, 4) is 0 Å². The summed E-state index contributed by atoms with van der Waals surface area (Å²) in [5, 5.41) is 7.63. The molecule has 1 aliphatic carbocycles. The summed E-state index contributed by atoms with van der Waals surface area (Å²) in [6.07, 6.45) is 4.19. The molecule has 1 saturated carbocycles. The molecule has 0 unspecified atom stereocenters. The number of nitrogens with zero attached hydrogens (tertiary/aromatic N) is 2. The minimum absolute atomic E-state index is 0.0377. The van der Waals surface area contributed by atoms with Crippen molar-refractivity contribution in [3.05, 3.63) is 21.0 Å². The molecule has 4 nitrogen and oxygen atoms in total. The van der Waals surface area contributed by atoms with Gasteiger partial charge in [-0.25, -0.2) is 4.68 Å². The molecule has 1 aromatic rings. The predicted octanol–water partition coefficient (Wildman–Crippen LogP) is 3.51. The Hall–Kier alpha value is -0.840. The largest absolute Gasteiger partial charge is 0.382 e. The minimum Gasteiger partial charge on any atom is -0.382 e. The molecular weight excluding hydrogens is 318 g/mol. The van der Waals surface area contributed by atoms with Crippen molar-refractivity contribution < 1.29 is 0 Å². The molecule has 0 saturated heterocycles. The highest BCUT2D eigenvalue weighted by Crippen LogP contribution is 2.30. The summed E-state index contributed by atoms with van der Waals surface area (Å²) in [5.74, 6) is 1.21. The van der Waals surface area contributed by atoms with Crippen LogP contribution in [0.25, 0.3) is 0 Å². The highest BCUT2D eigenvalue weighted by Gasteiger charge is 2.24. The standard InChI is InChI=1S/C15H24BrN3O/c1-10(2)15(3,4)9-17-12-7-18-19(8-11-5-6-11)14(20)13(12)16/h7,10-11,17H,5-6,8-9H2,1-4H3. The van der Waals surface area contributed by atoms with Crippen LogP contribution in [0.5, 0.6) is 0 Å². The summed E-state index contributed by atoms with van der Waals surface area (Å²) in [6.45, 7) is 10.4. The zero-order valence-corrected chi connectivity index (χ0v) is 14.3. The van der Waals surface area contributed by atoms with E-state index in [-0.39, 0.29) is 11.0 Å². The van der Waals surface area contributed by atoms with E-state index >= 15 is 0 Å². The first kappa shape index (κ1) is 15.5. The van der Waals surface area contributed by atoms with E-state index in [9.17, 15) is 4.79 Å². The quantitative estimate of drug-likeness (QED) is 0.861. The van der Waals surface area contributed by atoms with Gasteiger partial charge in [0.25, 0.3) is 5.56 Å². The van der Waals surface area contributed by atoms with Gasteiger partial charge in [-0.2, -0.15) is 5.10 Å².